The lowest BCUT2D eigenvalue weighted by atomic mass is 10.1. The molecule has 0 aliphatic heterocycles. The fourth-order valence-corrected chi connectivity index (χ4v) is 4.54. The Morgan fingerprint density at radius 2 is 1.78 bits per heavy atom. The van der Waals surface area contributed by atoms with Gasteiger partial charge >= 0.3 is 0 Å². The van der Waals surface area contributed by atoms with Gasteiger partial charge in [0.15, 0.2) is 5.16 Å². The molecule has 0 radical (unpaired) electrons. The van der Waals surface area contributed by atoms with Gasteiger partial charge in [0.1, 0.15) is 5.82 Å². The normalized spacial score (nSPS) is 18.2. The molecule has 1 aromatic heterocycles. The number of carbonyl (C=O) groups is 1. The monoisotopic (exact) mass is 384 g/mol. The summed E-state index contributed by atoms with van der Waals surface area (Å²) in [4.78, 5) is 12.4. The van der Waals surface area contributed by atoms with E-state index < -0.39 is 0 Å². The maximum Gasteiger partial charge on any atom is 0.230 e. The molecule has 0 atom stereocenters. The molecule has 0 bridgehead atoms. The molecular formula is C21H28N4OS. The van der Waals surface area contributed by atoms with Crippen molar-refractivity contribution in [2.24, 2.45) is 0 Å². The van der Waals surface area contributed by atoms with Gasteiger partial charge < -0.3 is 9.88 Å². The van der Waals surface area contributed by atoms with Crippen molar-refractivity contribution in [3.63, 3.8) is 0 Å². The van der Waals surface area contributed by atoms with Crippen molar-refractivity contribution < 1.29 is 4.79 Å². The molecule has 2 aliphatic rings. The predicted octanol–water partition coefficient (Wildman–Crippen LogP) is 4.13. The largest absolute Gasteiger partial charge is 0.353 e. The number of nitrogens with one attached hydrogen (secondary N) is 1. The lowest BCUT2D eigenvalue weighted by molar-refractivity contribution is -0.119. The van der Waals surface area contributed by atoms with E-state index in [1.165, 1.54) is 55.9 Å². The Labute approximate surface area is 165 Å². The second-order valence-electron chi connectivity index (χ2n) is 7.73. The number of aromatic nitrogens is 3. The Morgan fingerprint density at radius 1 is 1.04 bits per heavy atom. The van der Waals surface area contributed by atoms with Gasteiger partial charge in [-0.3, -0.25) is 4.79 Å². The maximum absolute atomic E-state index is 12.4. The molecule has 2 aromatic rings. The van der Waals surface area contributed by atoms with Gasteiger partial charge in [0.25, 0.3) is 0 Å². The summed E-state index contributed by atoms with van der Waals surface area (Å²) in [5, 5.41) is 12.9. The number of amides is 1. The van der Waals surface area contributed by atoms with Crippen LogP contribution < -0.4 is 5.32 Å². The standard InChI is InChI=1S/C21H28N4OS/c26-19(22-18-10-6-1-2-7-11-18)15-27-21-24-23-20(17-12-13-17)25(21)14-16-8-4-3-5-9-16/h3-5,8-9,17-18H,1-2,6-7,10-15H2,(H,22,26). The Bertz CT molecular complexity index is 749. The number of rotatable bonds is 7. The molecule has 0 unspecified atom stereocenters. The number of carbonyl (C=O) groups excluding carboxylic acids is 1. The summed E-state index contributed by atoms with van der Waals surface area (Å²) in [5.74, 6) is 2.14. The molecule has 0 spiro atoms. The van der Waals surface area contributed by atoms with Crippen LogP contribution in [0.25, 0.3) is 0 Å². The highest BCUT2D eigenvalue weighted by Gasteiger charge is 2.30. The van der Waals surface area contributed by atoms with E-state index in [4.69, 9.17) is 0 Å². The van der Waals surface area contributed by atoms with Crippen molar-refractivity contribution >= 4 is 17.7 Å². The maximum atomic E-state index is 12.4. The minimum absolute atomic E-state index is 0.120. The molecule has 27 heavy (non-hydrogen) atoms. The van der Waals surface area contributed by atoms with Crippen molar-refractivity contribution in [2.45, 2.75) is 75.0 Å². The summed E-state index contributed by atoms with van der Waals surface area (Å²) < 4.78 is 2.20. The van der Waals surface area contributed by atoms with E-state index >= 15 is 0 Å². The van der Waals surface area contributed by atoms with Gasteiger partial charge in [-0.2, -0.15) is 0 Å². The number of benzene rings is 1. The van der Waals surface area contributed by atoms with Gasteiger partial charge in [-0.05, 0) is 31.2 Å². The molecule has 1 aromatic carbocycles. The predicted molar refractivity (Wildman–Crippen MR) is 108 cm³/mol. The second kappa shape index (κ2) is 8.91. The molecule has 144 valence electrons. The van der Waals surface area contributed by atoms with E-state index in [1.54, 1.807) is 0 Å². The molecule has 4 rings (SSSR count). The molecule has 6 heteroatoms. The van der Waals surface area contributed by atoms with Gasteiger partial charge in [0.2, 0.25) is 5.91 Å². The highest BCUT2D eigenvalue weighted by atomic mass is 32.2. The summed E-state index contributed by atoms with van der Waals surface area (Å²) in [6.07, 6.45) is 9.68. The fourth-order valence-electron chi connectivity index (χ4n) is 3.79. The third kappa shape index (κ3) is 5.12. The minimum Gasteiger partial charge on any atom is -0.353 e. The van der Waals surface area contributed by atoms with Crippen molar-refractivity contribution in [1.82, 2.24) is 20.1 Å². The smallest absolute Gasteiger partial charge is 0.230 e. The molecule has 2 saturated carbocycles. The number of hydrogen-bond acceptors (Lipinski definition) is 4. The van der Waals surface area contributed by atoms with E-state index in [2.05, 4.69) is 44.3 Å². The van der Waals surface area contributed by atoms with Gasteiger partial charge in [-0.1, -0.05) is 67.8 Å². The van der Waals surface area contributed by atoms with Crippen LogP contribution in [0.15, 0.2) is 35.5 Å². The molecule has 2 aliphatic carbocycles. The number of thioether (sulfide) groups is 1. The minimum atomic E-state index is 0.120. The lowest BCUT2D eigenvalue weighted by Crippen LogP contribution is -2.35. The van der Waals surface area contributed by atoms with Crippen LogP contribution in [0.3, 0.4) is 0 Å². The average Bonchev–Trinajstić information content (AvgIpc) is 3.48. The topological polar surface area (TPSA) is 59.8 Å². The Balaban J connectivity index is 1.38. The fraction of sp³-hybridized carbons (Fsp3) is 0.571. The first-order chi connectivity index (χ1) is 13.3. The summed E-state index contributed by atoms with van der Waals surface area (Å²) >= 11 is 1.51. The van der Waals surface area contributed by atoms with Gasteiger partial charge in [0, 0.05) is 12.0 Å². The summed E-state index contributed by atoms with van der Waals surface area (Å²) in [6.45, 7) is 0.770. The second-order valence-corrected chi connectivity index (χ2v) is 8.67. The van der Waals surface area contributed by atoms with Crippen LogP contribution in [0.1, 0.15) is 68.7 Å². The molecule has 1 N–H and O–H groups in total. The van der Waals surface area contributed by atoms with Crippen molar-refractivity contribution in [3.8, 4) is 0 Å². The molecule has 5 nitrogen and oxygen atoms in total. The first-order valence-corrected chi connectivity index (χ1v) is 11.2. The molecule has 0 saturated heterocycles. The quantitative estimate of drug-likeness (QED) is 0.576. The van der Waals surface area contributed by atoms with Crippen LogP contribution >= 0.6 is 11.8 Å². The van der Waals surface area contributed by atoms with Crippen molar-refractivity contribution in [1.29, 1.82) is 0 Å². The van der Waals surface area contributed by atoms with Crippen LogP contribution in [0.4, 0.5) is 0 Å². The van der Waals surface area contributed by atoms with Crippen LogP contribution in [0.5, 0.6) is 0 Å². The summed E-state index contributed by atoms with van der Waals surface area (Å²) in [6, 6.07) is 10.8. The van der Waals surface area contributed by atoms with Gasteiger partial charge in [-0.15, -0.1) is 10.2 Å². The SMILES string of the molecule is O=C(CSc1nnc(C2CC2)n1Cc1ccccc1)NC1CCCCCC1. The zero-order chi connectivity index (χ0) is 18.5. The molecule has 1 heterocycles. The van der Waals surface area contributed by atoms with E-state index in [0.717, 1.165) is 30.4 Å². The highest BCUT2D eigenvalue weighted by molar-refractivity contribution is 7.99. The van der Waals surface area contributed by atoms with Crippen LogP contribution in [-0.4, -0.2) is 32.5 Å². The first-order valence-electron chi connectivity index (χ1n) is 10.2. The van der Waals surface area contributed by atoms with Crippen LogP contribution in [-0.2, 0) is 11.3 Å². The molecule has 2 fully saturated rings. The van der Waals surface area contributed by atoms with Gasteiger partial charge in [0.05, 0.1) is 12.3 Å². The van der Waals surface area contributed by atoms with Crippen LogP contribution in [0, 0.1) is 0 Å². The van der Waals surface area contributed by atoms with Crippen molar-refractivity contribution in [2.75, 3.05) is 5.75 Å². The third-order valence-electron chi connectivity index (χ3n) is 5.42. The van der Waals surface area contributed by atoms with Crippen molar-refractivity contribution in [3.05, 3.63) is 41.7 Å². The first kappa shape index (κ1) is 18.5. The third-order valence-corrected chi connectivity index (χ3v) is 6.39. The number of hydrogen-bond donors (Lipinski definition) is 1. The Hall–Kier alpha value is -1.82. The Kier molecular flexibility index (Phi) is 6.12. The number of nitrogens with zero attached hydrogens (tertiary/aromatic N) is 3. The van der Waals surface area contributed by atoms with Gasteiger partial charge in [-0.25, -0.2) is 0 Å². The molecular weight excluding hydrogens is 356 g/mol. The summed E-state index contributed by atoms with van der Waals surface area (Å²) in [5.41, 5.74) is 1.24. The molecule has 1 amide bonds. The summed E-state index contributed by atoms with van der Waals surface area (Å²) in [7, 11) is 0. The zero-order valence-corrected chi connectivity index (χ0v) is 16.6. The van der Waals surface area contributed by atoms with E-state index in [0.29, 0.717) is 17.7 Å². The Morgan fingerprint density at radius 3 is 2.48 bits per heavy atom. The average molecular weight is 385 g/mol. The highest BCUT2D eigenvalue weighted by Crippen LogP contribution is 2.40. The van der Waals surface area contributed by atoms with Crippen LogP contribution in [0.2, 0.25) is 0 Å². The lowest BCUT2D eigenvalue weighted by Gasteiger charge is -2.16. The van der Waals surface area contributed by atoms with E-state index in [9.17, 15) is 4.79 Å². The zero-order valence-electron chi connectivity index (χ0n) is 15.8. The van der Waals surface area contributed by atoms with E-state index in [1.807, 2.05) is 6.07 Å². The van der Waals surface area contributed by atoms with E-state index in [-0.39, 0.29) is 5.91 Å².